The van der Waals surface area contributed by atoms with Gasteiger partial charge in [0.2, 0.25) is 0 Å². The van der Waals surface area contributed by atoms with Crippen LogP contribution >= 0.6 is 0 Å². The van der Waals surface area contributed by atoms with E-state index in [1.54, 1.807) is 30.2 Å². The Hall–Kier alpha value is -3.47. The Labute approximate surface area is 150 Å². The van der Waals surface area contributed by atoms with Gasteiger partial charge in [-0.05, 0) is 18.9 Å². The number of nitrogens with zero attached hydrogens (tertiary/aromatic N) is 7. The Bertz CT molecular complexity index is 1040. The fourth-order valence-corrected chi connectivity index (χ4v) is 3.18. The topological polar surface area (TPSA) is 110 Å². The van der Waals surface area contributed by atoms with Crippen molar-refractivity contribution in [2.75, 3.05) is 7.05 Å². The number of hydrogen-bond donors (Lipinski definition) is 1. The summed E-state index contributed by atoms with van der Waals surface area (Å²) in [5.41, 5.74) is 9.71. The first kappa shape index (κ1) is 16.0. The van der Waals surface area contributed by atoms with Crippen LogP contribution in [0.4, 0.5) is 0 Å². The van der Waals surface area contributed by atoms with E-state index in [1.165, 1.54) is 6.20 Å². The predicted octanol–water partition coefficient (Wildman–Crippen LogP) is 2.07. The summed E-state index contributed by atoms with van der Waals surface area (Å²) in [6.45, 7) is 0. The molecule has 1 aliphatic rings. The summed E-state index contributed by atoms with van der Waals surface area (Å²) in [4.78, 5) is 8.80. The SMILES string of the molecule is CN=CC(=CN)c1cn2nccc2c(-c2cnn(C3CC(C#N)C3)c2)n1. The van der Waals surface area contributed by atoms with Crippen LogP contribution in [-0.4, -0.2) is 37.6 Å². The summed E-state index contributed by atoms with van der Waals surface area (Å²) in [7, 11) is 1.69. The average Bonchev–Trinajstić information content (AvgIpc) is 3.27. The molecule has 0 radical (unpaired) electrons. The minimum absolute atomic E-state index is 0.140. The number of aliphatic imine (C=N–C) groups is 1. The highest BCUT2D eigenvalue weighted by molar-refractivity contribution is 6.09. The summed E-state index contributed by atoms with van der Waals surface area (Å²) in [6, 6.07) is 4.50. The van der Waals surface area contributed by atoms with E-state index in [1.807, 2.05) is 23.1 Å². The number of hydrogen-bond acceptors (Lipinski definition) is 6. The Morgan fingerprint density at radius 2 is 2.23 bits per heavy atom. The van der Waals surface area contributed by atoms with Crippen LogP contribution < -0.4 is 5.73 Å². The molecule has 130 valence electrons. The van der Waals surface area contributed by atoms with Gasteiger partial charge in [-0.1, -0.05) is 0 Å². The van der Waals surface area contributed by atoms with Gasteiger partial charge in [0.1, 0.15) is 0 Å². The largest absolute Gasteiger partial charge is 0.404 e. The van der Waals surface area contributed by atoms with Crippen LogP contribution in [0, 0.1) is 17.2 Å². The quantitative estimate of drug-likeness (QED) is 0.727. The highest BCUT2D eigenvalue weighted by atomic mass is 15.3. The summed E-state index contributed by atoms with van der Waals surface area (Å²) < 4.78 is 3.70. The van der Waals surface area contributed by atoms with Gasteiger partial charge in [0.25, 0.3) is 0 Å². The Kier molecular flexibility index (Phi) is 3.97. The Morgan fingerprint density at radius 1 is 1.38 bits per heavy atom. The molecular formula is C18H18N8. The van der Waals surface area contributed by atoms with E-state index < -0.39 is 0 Å². The van der Waals surface area contributed by atoms with Gasteiger partial charge in [0, 0.05) is 36.8 Å². The van der Waals surface area contributed by atoms with Crippen LogP contribution in [0.15, 0.2) is 42.0 Å². The molecule has 0 aliphatic heterocycles. The van der Waals surface area contributed by atoms with Crippen molar-refractivity contribution in [2.24, 2.45) is 16.6 Å². The first-order valence-electron chi connectivity index (χ1n) is 8.36. The first-order chi connectivity index (χ1) is 12.7. The van der Waals surface area contributed by atoms with E-state index in [4.69, 9.17) is 16.0 Å². The molecule has 1 aliphatic carbocycles. The van der Waals surface area contributed by atoms with E-state index in [0.717, 1.165) is 35.2 Å². The molecule has 8 heteroatoms. The number of rotatable bonds is 4. The minimum atomic E-state index is 0.140. The zero-order valence-corrected chi connectivity index (χ0v) is 14.3. The van der Waals surface area contributed by atoms with E-state index in [-0.39, 0.29) is 12.0 Å². The second-order valence-electron chi connectivity index (χ2n) is 6.31. The molecule has 0 aromatic carbocycles. The van der Waals surface area contributed by atoms with Crippen molar-refractivity contribution in [3.63, 3.8) is 0 Å². The smallest absolute Gasteiger partial charge is 0.0999 e. The van der Waals surface area contributed by atoms with Crippen LogP contribution in [0.25, 0.3) is 22.3 Å². The molecule has 0 amide bonds. The zero-order valence-electron chi connectivity index (χ0n) is 14.3. The molecule has 1 saturated carbocycles. The molecule has 2 N–H and O–H groups in total. The molecule has 3 heterocycles. The van der Waals surface area contributed by atoms with Crippen molar-refractivity contribution in [2.45, 2.75) is 18.9 Å². The van der Waals surface area contributed by atoms with Crippen molar-refractivity contribution in [3.8, 4) is 17.3 Å². The minimum Gasteiger partial charge on any atom is -0.404 e. The first-order valence-corrected chi connectivity index (χ1v) is 8.36. The van der Waals surface area contributed by atoms with Crippen LogP contribution in [0.1, 0.15) is 24.6 Å². The zero-order chi connectivity index (χ0) is 18.1. The molecule has 0 spiro atoms. The number of nitrogens with two attached hydrogens (primary N) is 1. The third-order valence-corrected chi connectivity index (χ3v) is 4.68. The predicted molar refractivity (Wildman–Crippen MR) is 98.2 cm³/mol. The third kappa shape index (κ3) is 2.63. The molecule has 8 nitrogen and oxygen atoms in total. The fraction of sp³-hybridized carbons (Fsp3) is 0.278. The van der Waals surface area contributed by atoms with Crippen molar-refractivity contribution in [1.82, 2.24) is 24.4 Å². The van der Waals surface area contributed by atoms with Crippen molar-refractivity contribution >= 4 is 17.3 Å². The summed E-state index contributed by atoms with van der Waals surface area (Å²) >= 11 is 0. The van der Waals surface area contributed by atoms with Crippen LogP contribution in [0.2, 0.25) is 0 Å². The average molecular weight is 346 g/mol. The molecule has 0 atom stereocenters. The van der Waals surface area contributed by atoms with Gasteiger partial charge >= 0.3 is 0 Å². The van der Waals surface area contributed by atoms with Gasteiger partial charge in [-0.15, -0.1) is 0 Å². The molecule has 0 bridgehead atoms. The lowest BCUT2D eigenvalue weighted by molar-refractivity contribution is 0.230. The molecule has 4 rings (SSSR count). The van der Waals surface area contributed by atoms with Crippen LogP contribution in [-0.2, 0) is 0 Å². The van der Waals surface area contributed by atoms with Crippen molar-refractivity contribution in [3.05, 3.63) is 42.7 Å². The van der Waals surface area contributed by atoms with Gasteiger partial charge in [0.15, 0.2) is 0 Å². The Balaban J connectivity index is 1.75. The van der Waals surface area contributed by atoms with E-state index in [2.05, 4.69) is 21.3 Å². The van der Waals surface area contributed by atoms with Gasteiger partial charge in [-0.2, -0.15) is 15.5 Å². The molecule has 3 aromatic heterocycles. The van der Waals surface area contributed by atoms with Crippen molar-refractivity contribution < 1.29 is 0 Å². The number of aromatic nitrogens is 5. The van der Waals surface area contributed by atoms with Gasteiger partial charge in [-0.25, -0.2) is 9.50 Å². The molecule has 26 heavy (non-hydrogen) atoms. The molecule has 3 aromatic rings. The fourth-order valence-electron chi connectivity index (χ4n) is 3.18. The molecule has 1 fully saturated rings. The van der Waals surface area contributed by atoms with Crippen molar-refractivity contribution in [1.29, 1.82) is 5.26 Å². The van der Waals surface area contributed by atoms with E-state index >= 15 is 0 Å². The van der Waals surface area contributed by atoms with Gasteiger partial charge in [0.05, 0.1) is 53.5 Å². The summed E-state index contributed by atoms with van der Waals surface area (Å²) in [5, 5.41) is 17.8. The normalized spacial score (nSPS) is 20.4. The standard InChI is InChI=1S/C18H18N8/c1-21-8-13(7-20)16-11-26-17(2-3-22-26)18(24-16)14-9-23-25(10-14)15-4-12(5-15)6-19/h2-3,7-12,15H,4-5,20H2,1H3. The third-order valence-electron chi connectivity index (χ3n) is 4.68. The number of nitriles is 1. The maximum absolute atomic E-state index is 8.95. The van der Waals surface area contributed by atoms with E-state index in [0.29, 0.717) is 5.69 Å². The maximum Gasteiger partial charge on any atom is 0.0999 e. The second-order valence-corrected chi connectivity index (χ2v) is 6.31. The number of allylic oxidation sites excluding steroid dienone is 1. The summed E-state index contributed by atoms with van der Waals surface area (Å²) in [5.74, 6) is 0.140. The highest BCUT2D eigenvalue weighted by Gasteiger charge is 2.31. The maximum atomic E-state index is 8.95. The van der Waals surface area contributed by atoms with Gasteiger partial charge < -0.3 is 5.73 Å². The molecule has 0 saturated heterocycles. The number of fused-ring (bicyclic) bond motifs is 1. The lowest BCUT2D eigenvalue weighted by Gasteiger charge is -2.30. The Morgan fingerprint density at radius 3 is 2.96 bits per heavy atom. The molecule has 0 unspecified atom stereocenters. The van der Waals surface area contributed by atoms with Crippen LogP contribution in [0.5, 0.6) is 0 Å². The molecular weight excluding hydrogens is 328 g/mol. The summed E-state index contributed by atoms with van der Waals surface area (Å²) in [6.07, 6.45) is 12.2. The van der Waals surface area contributed by atoms with Crippen LogP contribution in [0.3, 0.4) is 0 Å². The highest BCUT2D eigenvalue weighted by Crippen LogP contribution is 2.37. The van der Waals surface area contributed by atoms with E-state index in [9.17, 15) is 0 Å². The lowest BCUT2D eigenvalue weighted by Crippen LogP contribution is -2.25. The lowest BCUT2D eigenvalue weighted by atomic mass is 9.81. The second kappa shape index (κ2) is 6.44. The monoisotopic (exact) mass is 346 g/mol. The van der Waals surface area contributed by atoms with Gasteiger partial charge in [-0.3, -0.25) is 9.67 Å².